The van der Waals surface area contributed by atoms with Gasteiger partial charge in [-0.25, -0.2) is 8.78 Å². The van der Waals surface area contributed by atoms with Crippen LogP contribution in [0.1, 0.15) is 42.7 Å². The normalized spacial score (nSPS) is 11.8. The molecule has 2 rings (SSSR count). The van der Waals surface area contributed by atoms with Crippen molar-refractivity contribution in [2.24, 2.45) is 0 Å². The number of hydrogen-bond acceptors (Lipinski definition) is 3. The van der Waals surface area contributed by atoms with Gasteiger partial charge in [0.05, 0.1) is 6.54 Å². The molecule has 28 heavy (non-hydrogen) atoms. The molecular formula is C21H25F2N3O2. The van der Waals surface area contributed by atoms with E-state index in [1.807, 2.05) is 13.8 Å². The first-order chi connectivity index (χ1) is 13.3. The van der Waals surface area contributed by atoms with Crippen LogP contribution in [0.25, 0.3) is 0 Å². The van der Waals surface area contributed by atoms with Gasteiger partial charge in [-0.05, 0) is 51.1 Å². The van der Waals surface area contributed by atoms with E-state index in [1.165, 1.54) is 12.1 Å². The van der Waals surface area contributed by atoms with E-state index in [1.54, 1.807) is 36.1 Å². The third-order valence-corrected chi connectivity index (χ3v) is 4.46. The van der Waals surface area contributed by atoms with Crippen LogP contribution in [0, 0.1) is 11.6 Å². The van der Waals surface area contributed by atoms with Crippen LogP contribution >= 0.6 is 0 Å². The van der Waals surface area contributed by atoms with Gasteiger partial charge in [0.2, 0.25) is 5.91 Å². The zero-order valence-corrected chi connectivity index (χ0v) is 16.3. The maximum absolute atomic E-state index is 13.8. The molecule has 0 fully saturated rings. The topological polar surface area (TPSA) is 61.4 Å². The summed E-state index contributed by atoms with van der Waals surface area (Å²) in [4.78, 5) is 26.1. The molecular weight excluding hydrogens is 364 g/mol. The van der Waals surface area contributed by atoms with Crippen molar-refractivity contribution in [2.75, 3.05) is 25.0 Å². The third kappa shape index (κ3) is 5.60. The smallest absolute Gasteiger partial charge is 0.253 e. The number of nitrogens with zero attached hydrogens (tertiary/aromatic N) is 1. The molecule has 0 radical (unpaired) electrons. The second kappa shape index (κ2) is 9.94. The lowest BCUT2D eigenvalue weighted by Crippen LogP contribution is -2.31. The summed E-state index contributed by atoms with van der Waals surface area (Å²) in [5.74, 6) is -1.67. The number of hydrogen-bond donors (Lipinski definition) is 2. The van der Waals surface area contributed by atoms with E-state index >= 15 is 0 Å². The highest BCUT2D eigenvalue weighted by Gasteiger charge is 2.14. The SMILES string of the molecule is CCN(CC)C(=O)c1ccc(NC(=O)CN[C@@H](C)c2ccc(F)cc2F)cc1. The molecule has 0 aliphatic carbocycles. The van der Waals surface area contributed by atoms with Gasteiger partial charge in [0.15, 0.2) is 0 Å². The summed E-state index contributed by atoms with van der Waals surface area (Å²) in [6, 6.07) is 9.55. The lowest BCUT2D eigenvalue weighted by atomic mass is 10.1. The van der Waals surface area contributed by atoms with Gasteiger partial charge in [-0.1, -0.05) is 6.07 Å². The molecule has 0 unspecified atom stereocenters. The van der Waals surface area contributed by atoms with Crippen molar-refractivity contribution in [3.63, 3.8) is 0 Å². The van der Waals surface area contributed by atoms with Crippen molar-refractivity contribution in [2.45, 2.75) is 26.8 Å². The van der Waals surface area contributed by atoms with Crippen molar-refractivity contribution < 1.29 is 18.4 Å². The van der Waals surface area contributed by atoms with Crippen LogP contribution in [-0.4, -0.2) is 36.3 Å². The number of carbonyl (C=O) groups excluding carboxylic acids is 2. The minimum absolute atomic E-state index is 0.0435. The first-order valence-electron chi connectivity index (χ1n) is 9.23. The van der Waals surface area contributed by atoms with E-state index in [0.717, 1.165) is 6.07 Å². The highest BCUT2D eigenvalue weighted by Crippen LogP contribution is 2.17. The molecule has 7 heteroatoms. The largest absolute Gasteiger partial charge is 0.339 e. The first kappa shape index (κ1) is 21.5. The fourth-order valence-electron chi connectivity index (χ4n) is 2.80. The zero-order chi connectivity index (χ0) is 20.7. The number of rotatable bonds is 8. The summed E-state index contributed by atoms with van der Waals surface area (Å²) < 4.78 is 26.8. The third-order valence-electron chi connectivity index (χ3n) is 4.46. The molecule has 1 atom stereocenters. The molecule has 2 aromatic rings. The molecule has 2 amide bonds. The predicted octanol–water partition coefficient (Wildman–Crippen LogP) is 3.74. The minimum atomic E-state index is -0.658. The van der Waals surface area contributed by atoms with E-state index in [9.17, 15) is 18.4 Å². The molecule has 0 saturated heterocycles. The number of nitrogens with one attached hydrogen (secondary N) is 2. The summed E-state index contributed by atoms with van der Waals surface area (Å²) in [6.07, 6.45) is 0. The van der Waals surface area contributed by atoms with Crippen molar-refractivity contribution in [3.05, 3.63) is 65.2 Å². The Labute approximate surface area is 163 Å². The quantitative estimate of drug-likeness (QED) is 0.723. The lowest BCUT2D eigenvalue weighted by Gasteiger charge is -2.18. The van der Waals surface area contributed by atoms with Crippen molar-refractivity contribution >= 4 is 17.5 Å². The molecule has 5 nitrogen and oxygen atoms in total. The predicted molar refractivity (Wildman–Crippen MR) is 105 cm³/mol. The Balaban J connectivity index is 1.90. The molecule has 0 heterocycles. The molecule has 0 bridgehead atoms. The van der Waals surface area contributed by atoms with Gasteiger partial charge in [0, 0.05) is 42.0 Å². The number of carbonyl (C=O) groups is 2. The van der Waals surface area contributed by atoms with Crippen LogP contribution in [0.3, 0.4) is 0 Å². The molecule has 2 aromatic carbocycles. The summed E-state index contributed by atoms with van der Waals surface area (Å²) in [5, 5.41) is 5.62. The van der Waals surface area contributed by atoms with Gasteiger partial charge in [-0.2, -0.15) is 0 Å². The van der Waals surface area contributed by atoms with Crippen molar-refractivity contribution in [1.29, 1.82) is 0 Å². The van der Waals surface area contributed by atoms with Gasteiger partial charge >= 0.3 is 0 Å². The average Bonchev–Trinajstić information content (AvgIpc) is 2.67. The Bertz CT molecular complexity index is 821. The Morgan fingerprint density at radius 3 is 2.25 bits per heavy atom. The zero-order valence-electron chi connectivity index (χ0n) is 16.3. The monoisotopic (exact) mass is 389 g/mol. The van der Waals surface area contributed by atoms with Gasteiger partial charge in [-0.3, -0.25) is 9.59 Å². The number of halogens is 2. The van der Waals surface area contributed by atoms with E-state index in [-0.39, 0.29) is 23.9 Å². The molecule has 0 aliphatic heterocycles. The average molecular weight is 389 g/mol. The van der Waals surface area contributed by atoms with Crippen LogP contribution in [0.4, 0.5) is 14.5 Å². The number of benzene rings is 2. The van der Waals surface area contributed by atoms with E-state index in [0.29, 0.717) is 24.3 Å². The van der Waals surface area contributed by atoms with Gasteiger partial charge in [0.25, 0.3) is 5.91 Å². The van der Waals surface area contributed by atoms with Crippen LogP contribution in [0.15, 0.2) is 42.5 Å². The first-order valence-corrected chi connectivity index (χ1v) is 9.23. The van der Waals surface area contributed by atoms with Crippen molar-refractivity contribution in [3.8, 4) is 0 Å². The van der Waals surface area contributed by atoms with Gasteiger partial charge < -0.3 is 15.5 Å². The standard InChI is InChI=1S/C21H25F2N3O2/c1-4-26(5-2)21(28)15-6-9-17(10-7-15)25-20(27)13-24-14(3)18-11-8-16(22)12-19(18)23/h6-12,14,24H,4-5,13H2,1-3H3,(H,25,27)/t14-/m0/s1. The van der Waals surface area contributed by atoms with Crippen LogP contribution < -0.4 is 10.6 Å². The Hall–Kier alpha value is -2.80. The van der Waals surface area contributed by atoms with Crippen LogP contribution in [-0.2, 0) is 4.79 Å². The minimum Gasteiger partial charge on any atom is -0.339 e. The molecule has 0 spiro atoms. The molecule has 0 aliphatic rings. The highest BCUT2D eigenvalue weighted by molar-refractivity contribution is 5.96. The highest BCUT2D eigenvalue weighted by atomic mass is 19.1. The van der Waals surface area contributed by atoms with Gasteiger partial charge in [0.1, 0.15) is 11.6 Å². The van der Waals surface area contributed by atoms with Gasteiger partial charge in [-0.15, -0.1) is 0 Å². The van der Waals surface area contributed by atoms with Crippen LogP contribution in [0.2, 0.25) is 0 Å². The summed E-state index contributed by atoms with van der Waals surface area (Å²) >= 11 is 0. The molecule has 0 aromatic heterocycles. The second-order valence-corrected chi connectivity index (χ2v) is 6.37. The molecule has 2 N–H and O–H groups in total. The maximum Gasteiger partial charge on any atom is 0.253 e. The fourth-order valence-corrected chi connectivity index (χ4v) is 2.80. The Morgan fingerprint density at radius 1 is 1.04 bits per heavy atom. The fraction of sp³-hybridized carbons (Fsp3) is 0.333. The van der Waals surface area contributed by atoms with E-state index in [2.05, 4.69) is 10.6 Å². The summed E-state index contributed by atoms with van der Waals surface area (Å²) in [5.41, 5.74) is 1.40. The summed E-state index contributed by atoms with van der Waals surface area (Å²) in [6.45, 7) is 6.75. The Morgan fingerprint density at radius 2 is 1.68 bits per heavy atom. The molecule has 150 valence electrons. The van der Waals surface area contributed by atoms with E-state index < -0.39 is 17.7 Å². The number of anilines is 1. The summed E-state index contributed by atoms with van der Waals surface area (Å²) in [7, 11) is 0. The van der Waals surface area contributed by atoms with Crippen molar-refractivity contribution in [1.82, 2.24) is 10.2 Å². The van der Waals surface area contributed by atoms with E-state index in [4.69, 9.17) is 0 Å². The lowest BCUT2D eigenvalue weighted by molar-refractivity contribution is -0.115. The maximum atomic E-state index is 13.8. The van der Waals surface area contributed by atoms with Crippen LogP contribution in [0.5, 0.6) is 0 Å². The Kier molecular flexibility index (Phi) is 7.63. The molecule has 0 saturated carbocycles. The second-order valence-electron chi connectivity index (χ2n) is 6.37. The number of amides is 2.